The molecule has 0 saturated heterocycles. The lowest BCUT2D eigenvalue weighted by Gasteiger charge is -2.25. The third kappa shape index (κ3) is 6.03. The highest BCUT2D eigenvalue weighted by Crippen LogP contribution is 2.33. The van der Waals surface area contributed by atoms with E-state index in [9.17, 15) is 28.8 Å². The minimum Gasteiger partial charge on any atom is -0.481 e. The topological polar surface area (TPSA) is 162 Å². The summed E-state index contributed by atoms with van der Waals surface area (Å²) in [6.45, 7) is -0.887. The van der Waals surface area contributed by atoms with Gasteiger partial charge in [0.2, 0.25) is 5.91 Å². The molecule has 36 heavy (non-hydrogen) atoms. The second kappa shape index (κ2) is 11.6. The summed E-state index contributed by atoms with van der Waals surface area (Å²) in [6, 6.07) is 11.8. The molecule has 0 aliphatic carbocycles. The van der Waals surface area contributed by atoms with E-state index < -0.39 is 54.8 Å². The average molecular weight is 496 g/mol. The second-order valence-electron chi connectivity index (χ2n) is 7.79. The van der Waals surface area contributed by atoms with Gasteiger partial charge >= 0.3 is 12.1 Å². The highest BCUT2D eigenvalue weighted by Gasteiger charge is 2.38. The number of nitrogens with one attached hydrogen (secondary N) is 2. The molecule has 12 nitrogen and oxygen atoms in total. The van der Waals surface area contributed by atoms with Gasteiger partial charge in [0.05, 0.1) is 37.5 Å². The van der Waals surface area contributed by atoms with Crippen molar-refractivity contribution in [2.45, 2.75) is 18.5 Å². The van der Waals surface area contributed by atoms with Gasteiger partial charge in [-0.25, -0.2) is 4.79 Å². The Balaban J connectivity index is 1.96. The molecule has 0 aromatic heterocycles. The number of amides is 4. The lowest BCUT2D eigenvalue weighted by Crippen LogP contribution is -2.54. The molecule has 0 spiro atoms. The van der Waals surface area contributed by atoms with E-state index in [2.05, 4.69) is 10.6 Å². The number of anilines is 2. The van der Waals surface area contributed by atoms with Gasteiger partial charge in [0.15, 0.2) is 0 Å². The molecular weight excluding hydrogens is 472 g/mol. The second-order valence-corrected chi connectivity index (χ2v) is 7.79. The zero-order chi connectivity index (χ0) is 26.2. The number of ether oxygens (including phenoxy) is 1. The van der Waals surface area contributed by atoms with Crippen LogP contribution in [0.2, 0.25) is 0 Å². The Kier molecular flexibility index (Phi) is 8.34. The van der Waals surface area contributed by atoms with Gasteiger partial charge in [-0.1, -0.05) is 30.3 Å². The van der Waals surface area contributed by atoms with Crippen molar-refractivity contribution in [1.82, 2.24) is 10.6 Å². The van der Waals surface area contributed by atoms with Crippen LogP contribution >= 0.6 is 0 Å². The Morgan fingerprint density at radius 1 is 1.08 bits per heavy atom. The first-order valence-electron chi connectivity index (χ1n) is 10.8. The van der Waals surface area contributed by atoms with Crippen molar-refractivity contribution in [2.75, 3.05) is 30.0 Å². The zero-order valence-electron chi connectivity index (χ0n) is 19.2. The van der Waals surface area contributed by atoms with Crippen molar-refractivity contribution >= 4 is 47.4 Å². The third-order valence-electron chi connectivity index (χ3n) is 5.34. The SMILES string of the molecule is COC(=O)N1C[C@H](NC(=O)c2ccccc2)C(=O)N(CC(=O)N[C@H](C=O)CC(=O)O)c2ccccc21. The van der Waals surface area contributed by atoms with Crippen LogP contribution in [0.4, 0.5) is 16.2 Å². The summed E-state index contributed by atoms with van der Waals surface area (Å²) in [6.07, 6.45) is -1.14. The van der Waals surface area contributed by atoms with E-state index in [1.54, 1.807) is 48.5 Å². The molecule has 1 aliphatic rings. The van der Waals surface area contributed by atoms with Crippen LogP contribution in [0.3, 0.4) is 0 Å². The number of carboxylic acids is 1. The number of para-hydroxylation sites is 2. The summed E-state index contributed by atoms with van der Waals surface area (Å²) in [5, 5.41) is 13.8. The number of hydrogen-bond acceptors (Lipinski definition) is 7. The van der Waals surface area contributed by atoms with Gasteiger partial charge in [-0.15, -0.1) is 0 Å². The first-order chi connectivity index (χ1) is 17.2. The number of aldehydes is 1. The molecule has 0 bridgehead atoms. The summed E-state index contributed by atoms with van der Waals surface area (Å²) >= 11 is 0. The smallest absolute Gasteiger partial charge is 0.414 e. The number of carbonyl (C=O) groups excluding carboxylic acids is 5. The third-order valence-corrected chi connectivity index (χ3v) is 5.34. The van der Waals surface area contributed by atoms with Crippen LogP contribution in [0.15, 0.2) is 54.6 Å². The molecule has 4 amide bonds. The van der Waals surface area contributed by atoms with E-state index in [0.29, 0.717) is 0 Å². The van der Waals surface area contributed by atoms with Gasteiger partial charge in [0.25, 0.3) is 11.8 Å². The molecule has 3 N–H and O–H groups in total. The van der Waals surface area contributed by atoms with Crippen LogP contribution in [0.1, 0.15) is 16.8 Å². The summed E-state index contributed by atoms with van der Waals surface area (Å²) in [7, 11) is 1.17. The molecule has 0 fully saturated rings. The standard InChI is InChI=1S/C24H24N4O8/c1-36-24(35)28-12-17(26-22(33)15-7-3-2-4-8-15)23(34)27(18-9-5-6-10-19(18)28)13-20(30)25-16(14-29)11-21(31)32/h2-10,14,16-17H,11-13H2,1H3,(H,25,30)(H,26,33)(H,31,32)/t16-,17-/m0/s1. The van der Waals surface area contributed by atoms with E-state index in [4.69, 9.17) is 9.84 Å². The molecule has 188 valence electrons. The lowest BCUT2D eigenvalue weighted by atomic mass is 10.1. The zero-order valence-corrected chi connectivity index (χ0v) is 19.2. The Morgan fingerprint density at radius 3 is 2.33 bits per heavy atom. The highest BCUT2D eigenvalue weighted by molar-refractivity contribution is 6.10. The minimum absolute atomic E-state index is 0.181. The maximum atomic E-state index is 13.6. The first kappa shape index (κ1) is 25.9. The number of rotatable bonds is 8. The number of carbonyl (C=O) groups is 6. The first-order valence-corrected chi connectivity index (χ1v) is 10.8. The number of aliphatic carboxylic acids is 1. The van der Waals surface area contributed by atoms with E-state index >= 15 is 0 Å². The fourth-order valence-corrected chi connectivity index (χ4v) is 3.69. The van der Waals surface area contributed by atoms with E-state index in [1.807, 2.05) is 0 Å². The molecule has 3 rings (SSSR count). The van der Waals surface area contributed by atoms with Crippen LogP contribution in [0.5, 0.6) is 0 Å². The van der Waals surface area contributed by atoms with E-state index in [0.717, 1.165) is 4.90 Å². The van der Waals surface area contributed by atoms with Gasteiger partial charge in [-0.2, -0.15) is 0 Å². The average Bonchev–Trinajstić information content (AvgIpc) is 2.98. The summed E-state index contributed by atoms with van der Waals surface area (Å²) in [5.74, 6) is -3.37. The number of fused-ring (bicyclic) bond motifs is 1. The molecular formula is C24H24N4O8. The number of carboxylic acid groups (broad SMARTS) is 1. The Labute approximate surface area is 205 Å². The molecule has 0 unspecified atom stereocenters. The Hall–Kier alpha value is -4.74. The summed E-state index contributed by atoms with van der Waals surface area (Å²) in [4.78, 5) is 76.0. The highest BCUT2D eigenvalue weighted by atomic mass is 16.5. The van der Waals surface area contributed by atoms with Crippen molar-refractivity contribution in [3.05, 3.63) is 60.2 Å². The molecule has 2 aromatic rings. The monoisotopic (exact) mass is 496 g/mol. The number of nitrogens with zero attached hydrogens (tertiary/aromatic N) is 2. The van der Waals surface area contributed by atoms with Crippen LogP contribution in [0.25, 0.3) is 0 Å². The van der Waals surface area contributed by atoms with Gasteiger partial charge in [-0.05, 0) is 24.3 Å². The quantitative estimate of drug-likeness (QED) is 0.447. The predicted molar refractivity (Wildman–Crippen MR) is 126 cm³/mol. The van der Waals surface area contributed by atoms with Crippen LogP contribution in [-0.2, 0) is 23.9 Å². The number of hydrogen-bond donors (Lipinski definition) is 3. The normalized spacial score (nSPS) is 15.7. The van der Waals surface area contributed by atoms with Gasteiger partial charge in [-0.3, -0.25) is 29.0 Å². The van der Waals surface area contributed by atoms with Crippen molar-refractivity contribution in [3.8, 4) is 0 Å². The number of methoxy groups -OCH3 is 1. The molecule has 1 aliphatic heterocycles. The predicted octanol–water partition coefficient (Wildman–Crippen LogP) is 0.563. The maximum Gasteiger partial charge on any atom is 0.414 e. The molecule has 12 heteroatoms. The largest absolute Gasteiger partial charge is 0.481 e. The maximum absolute atomic E-state index is 13.6. The molecule has 2 atom stereocenters. The van der Waals surface area contributed by atoms with Gasteiger partial charge in [0, 0.05) is 5.56 Å². The van der Waals surface area contributed by atoms with Crippen LogP contribution in [-0.4, -0.2) is 73.5 Å². The summed E-state index contributed by atoms with van der Waals surface area (Å²) in [5.41, 5.74) is 0.711. The molecule has 2 aromatic carbocycles. The fraction of sp³-hybridized carbons (Fsp3) is 0.250. The van der Waals surface area contributed by atoms with Crippen LogP contribution in [0, 0.1) is 0 Å². The van der Waals surface area contributed by atoms with Gasteiger partial charge in [0.1, 0.15) is 18.9 Å². The van der Waals surface area contributed by atoms with Crippen molar-refractivity contribution in [2.24, 2.45) is 0 Å². The fourth-order valence-electron chi connectivity index (χ4n) is 3.69. The Morgan fingerprint density at radius 2 is 1.72 bits per heavy atom. The van der Waals surface area contributed by atoms with Crippen LogP contribution < -0.4 is 20.4 Å². The Bertz CT molecular complexity index is 1170. The molecule has 1 heterocycles. The van der Waals surface area contributed by atoms with E-state index in [1.165, 1.54) is 18.1 Å². The van der Waals surface area contributed by atoms with Crippen molar-refractivity contribution < 1.29 is 38.6 Å². The summed E-state index contributed by atoms with van der Waals surface area (Å²) < 4.78 is 4.87. The minimum atomic E-state index is -1.30. The number of benzene rings is 2. The molecule has 0 radical (unpaired) electrons. The van der Waals surface area contributed by atoms with Crippen molar-refractivity contribution in [3.63, 3.8) is 0 Å². The lowest BCUT2D eigenvalue weighted by molar-refractivity contribution is -0.138. The van der Waals surface area contributed by atoms with Gasteiger partial charge < -0.3 is 25.3 Å². The van der Waals surface area contributed by atoms with Crippen molar-refractivity contribution in [1.29, 1.82) is 0 Å². The molecule has 0 saturated carbocycles. The van der Waals surface area contributed by atoms with E-state index in [-0.39, 0.29) is 29.8 Å².